The fraction of sp³-hybridized carbons (Fsp3) is 0.344. The van der Waals surface area contributed by atoms with Crippen LogP contribution in [-0.2, 0) is 22.4 Å². The van der Waals surface area contributed by atoms with Crippen LogP contribution in [0.15, 0.2) is 73.3 Å². The van der Waals surface area contributed by atoms with Crippen molar-refractivity contribution in [1.82, 2.24) is 0 Å². The highest BCUT2D eigenvalue weighted by Crippen LogP contribution is 2.36. The van der Waals surface area contributed by atoms with Crippen molar-refractivity contribution in [3.05, 3.63) is 84.4 Å². The van der Waals surface area contributed by atoms with Crippen LogP contribution in [0.25, 0.3) is 22.3 Å². The molecule has 3 aromatic carbocycles. The second kappa shape index (κ2) is 14.9. The van der Waals surface area contributed by atoms with Gasteiger partial charge >= 0.3 is 5.97 Å². The first-order chi connectivity index (χ1) is 18.1. The summed E-state index contributed by atoms with van der Waals surface area (Å²) < 4.78 is 16.5. The molecule has 37 heavy (non-hydrogen) atoms. The number of hydrogen-bond donors (Lipinski definition) is 1. The molecule has 5 nitrogen and oxygen atoms in total. The molecule has 0 aliphatic carbocycles. The first-order valence-corrected chi connectivity index (χ1v) is 13.1. The van der Waals surface area contributed by atoms with E-state index in [2.05, 4.69) is 62.9 Å². The predicted molar refractivity (Wildman–Crippen MR) is 149 cm³/mol. The number of unbranched alkanes of at least 4 members (excludes halogenated alkanes) is 2. The van der Waals surface area contributed by atoms with E-state index in [1.807, 2.05) is 18.2 Å². The molecule has 196 valence electrons. The third-order valence-corrected chi connectivity index (χ3v) is 6.20. The first-order valence-electron chi connectivity index (χ1n) is 13.1. The lowest BCUT2D eigenvalue weighted by atomic mass is 9.93. The number of aliphatic hydroxyl groups is 1. The molecule has 3 aromatic rings. The highest BCUT2D eigenvalue weighted by Gasteiger charge is 2.12. The molecule has 0 atom stereocenters. The molecular formula is C32H38O5. The van der Waals surface area contributed by atoms with Gasteiger partial charge in [-0.25, -0.2) is 4.79 Å². The molecular weight excluding hydrogens is 464 g/mol. The minimum absolute atomic E-state index is 0.0979. The Balaban J connectivity index is 1.81. The SMILES string of the molecule is C=CC(=O)OCCOc1cc(-c2ccc(-c3ccc(CCCCC)cc3)cc2CC)ccc1OCCO. The number of esters is 1. The van der Waals surface area contributed by atoms with E-state index in [4.69, 9.17) is 14.2 Å². The van der Waals surface area contributed by atoms with E-state index in [9.17, 15) is 9.90 Å². The zero-order valence-electron chi connectivity index (χ0n) is 22.0. The Bertz CT molecular complexity index is 1150. The molecule has 0 heterocycles. The van der Waals surface area contributed by atoms with Crippen LogP contribution >= 0.6 is 0 Å². The minimum Gasteiger partial charge on any atom is -0.487 e. The first kappa shape index (κ1) is 28.0. The maximum Gasteiger partial charge on any atom is 0.330 e. The van der Waals surface area contributed by atoms with E-state index in [0.29, 0.717) is 11.5 Å². The third kappa shape index (κ3) is 8.22. The molecule has 5 heteroatoms. The normalized spacial score (nSPS) is 10.7. The molecule has 0 unspecified atom stereocenters. The summed E-state index contributed by atoms with van der Waals surface area (Å²) in [4.78, 5) is 11.3. The van der Waals surface area contributed by atoms with Crippen molar-refractivity contribution in [3.8, 4) is 33.8 Å². The summed E-state index contributed by atoms with van der Waals surface area (Å²) in [6.45, 7) is 8.11. The maximum atomic E-state index is 11.3. The second-order valence-corrected chi connectivity index (χ2v) is 8.83. The van der Waals surface area contributed by atoms with E-state index < -0.39 is 5.97 Å². The fourth-order valence-corrected chi connectivity index (χ4v) is 4.21. The highest BCUT2D eigenvalue weighted by atomic mass is 16.6. The van der Waals surface area contributed by atoms with Gasteiger partial charge in [-0.2, -0.15) is 0 Å². The van der Waals surface area contributed by atoms with Gasteiger partial charge in [-0.05, 0) is 64.8 Å². The molecule has 1 N–H and O–H groups in total. The van der Waals surface area contributed by atoms with Crippen LogP contribution in [0, 0.1) is 0 Å². The summed E-state index contributed by atoms with van der Waals surface area (Å²) >= 11 is 0. The third-order valence-electron chi connectivity index (χ3n) is 6.20. The summed E-state index contributed by atoms with van der Waals surface area (Å²) in [5.74, 6) is 0.569. The second-order valence-electron chi connectivity index (χ2n) is 8.83. The van der Waals surface area contributed by atoms with Crippen LogP contribution in [0.1, 0.15) is 44.2 Å². The molecule has 0 fully saturated rings. The monoisotopic (exact) mass is 502 g/mol. The fourth-order valence-electron chi connectivity index (χ4n) is 4.21. The largest absolute Gasteiger partial charge is 0.487 e. The van der Waals surface area contributed by atoms with E-state index in [1.54, 1.807) is 0 Å². The number of rotatable bonds is 15. The number of benzene rings is 3. The van der Waals surface area contributed by atoms with E-state index >= 15 is 0 Å². The van der Waals surface area contributed by atoms with Crippen LogP contribution in [0.4, 0.5) is 0 Å². The Morgan fingerprint density at radius 1 is 0.838 bits per heavy atom. The number of aryl methyl sites for hydroxylation is 2. The van der Waals surface area contributed by atoms with Crippen molar-refractivity contribution in [1.29, 1.82) is 0 Å². The van der Waals surface area contributed by atoms with E-state index in [-0.39, 0.29) is 26.4 Å². The van der Waals surface area contributed by atoms with Gasteiger partial charge in [0.05, 0.1) is 6.61 Å². The van der Waals surface area contributed by atoms with Gasteiger partial charge in [0.25, 0.3) is 0 Å². The average molecular weight is 503 g/mol. The molecule has 0 bridgehead atoms. The quantitative estimate of drug-likeness (QED) is 0.141. The van der Waals surface area contributed by atoms with Crippen molar-refractivity contribution < 1.29 is 24.1 Å². The van der Waals surface area contributed by atoms with Gasteiger partial charge in [0.2, 0.25) is 0 Å². The van der Waals surface area contributed by atoms with E-state index in [1.165, 1.54) is 41.5 Å². The molecule has 0 saturated heterocycles. The Morgan fingerprint density at radius 2 is 1.57 bits per heavy atom. The molecule has 3 rings (SSSR count). The lowest BCUT2D eigenvalue weighted by Crippen LogP contribution is -2.11. The van der Waals surface area contributed by atoms with Crippen molar-refractivity contribution in [2.24, 2.45) is 0 Å². The highest BCUT2D eigenvalue weighted by molar-refractivity contribution is 5.81. The number of carbonyl (C=O) groups is 1. The van der Waals surface area contributed by atoms with Crippen LogP contribution in [-0.4, -0.2) is 37.5 Å². The number of aliphatic hydroxyl groups excluding tert-OH is 1. The standard InChI is InChI=1S/C32H38O5/c1-4-7-8-9-24-10-12-26(13-11-24)27-14-16-29(25(5-2)22-27)28-15-17-30(35-19-18-33)31(23-28)36-20-21-37-32(34)6-3/h6,10-17,22-23,33H,3-5,7-9,18-21H2,1-2H3. The molecule has 0 aliphatic heterocycles. The van der Waals surface area contributed by atoms with Crippen LogP contribution < -0.4 is 9.47 Å². The van der Waals surface area contributed by atoms with Crippen molar-refractivity contribution in [3.63, 3.8) is 0 Å². The van der Waals surface area contributed by atoms with Crippen LogP contribution in [0.3, 0.4) is 0 Å². The molecule has 0 spiro atoms. The zero-order chi connectivity index (χ0) is 26.5. The summed E-state index contributed by atoms with van der Waals surface area (Å²) in [5, 5.41) is 9.17. The molecule has 0 saturated carbocycles. The molecule has 0 amide bonds. The topological polar surface area (TPSA) is 65.0 Å². The average Bonchev–Trinajstić information content (AvgIpc) is 2.94. The Labute approximate surface area is 220 Å². The van der Waals surface area contributed by atoms with Gasteiger partial charge in [0, 0.05) is 6.08 Å². The Hall–Kier alpha value is -3.57. The van der Waals surface area contributed by atoms with Gasteiger partial charge < -0.3 is 19.3 Å². The van der Waals surface area contributed by atoms with Crippen molar-refractivity contribution in [2.45, 2.75) is 46.0 Å². The van der Waals surface area contributed by atoms with Gasteiger partial charge in [-0.1, -0.05) is 81.8 Å². The summed E-state index contributed by atoms with van der Waals surface area (Å²) in [6, 6.07) is 21.3. The number of hydrogen-bond acceptors (Lipinski definition) is 5. The molecule has 0 aliphatic rings. The number of ether oxygens (including phenoxy) is 3. The molecule has 0 radical (unpaired) electrons. The zero-order valence-corrected chi connectivity index (χ0v) is 22.0. The number of carbonyl (C=O) groups excluding carboxylic acids is 1. The Kier molecular flexibility index (Phi) is 11.2. The smallest absolute Gasteiger partial charge is 0.330 e. The lowest BCUT2D eigenvalue weighted by molar-refractivity contribution is -0.138. The predicted octanol–water partition coefficient (Wildman–Crippen LogP) is 6.79. The van der Waals surface area contributed by atoms with Crippen molar-refractivity contribution in [2.75, 3.05) is 26.4 Å². The minimum atomic E-state index is -0.493. The summed E-state index contributed by atoms with van der Waals surface area (Å²) in [5.41, 5.74) is 7.16. The van der Waals surface area contributed by atoms with Crippen molar-refractivity contribution >= 4 is 5.97 Å². The summed E-state index contributed by atoms with van der Waals surface area (Å²) in [7, 11) is 0. The van der Waals surface area contributed by atoms with Crippen LogP contribution in [0.5, 0.6) is 11.5 Å². The Morgan fingerprint density at radius 3 is 2.27 bits per heavy atom. The maximum absolute atomic E-state index is 11.3. The van der Waals surface area contributed by atoms with E-state index in [0.717, 1.165) is 30.0 Å². The van der Waals surface area contributed by atoms with Crippen LogP contribution in [0.2, 0.25) is 0 Å². The van der Waals surface area contributed by atoms with Gasteiger partial charge in [-0.3, -0.25) is 0 Å². The van der Waals surface area contributed by atoms with Gasteiger partial charge in [0.1, 0.15) is 19.8 Å². The lowest BCUT2D eigenvalue weighted by Gasteiger charge is -2.16. The molecule has 0 aromatic heterocycles. The van der Waals surface area contributed by atoms with Gasteiger partial charge in [0.15, 0.2) is 11.5 Å². The van der Waals surface area contributed by atoms with Gasteiger partial charge in [-0.15, -0.1) is 0 Å². The summed E-state index contributed by atoms with van der Waals surface area (Å²) in [6.07, 6.45) is 6.88.